The van der Waals surface area contributed by atoms with Gasteiger partial charge in [-0.15, -0.1) is 11.3 Å². The lowest BCUT2D eigenvalue weighted by molar-refractivity contribution is -0.384. The Balaban J connectivity index is 0.00000198. The van der Waals surface area contributed by atoms with Crippen LogP contribution in [-0.2, 0) is 12.0 Å². The lowest BCUT2D eigenvalue weighted by Gasteiger charge is -2.38. The zero-order valence-corrected chi connectivity index (χ0v) is 25.2. The van der Waals surface area contributed by atoms with Crippen molar-refractivity contribution >= 4 is 28.4 Å². The second-order valence-corrected chi connectivity index (χ2v) is 11.2. The predicted octanol–water partition coefficient (Wildman–Crippen LogP) is 9.10. The van der Waals surface area contributed by atoms with Crippen LogP contribution in [0.3, 0.4) is 0 Å². The van der Waals surface area contributed by atoms with Crippen LogP contribution in [0.4, 0.5) is 11.4 Å². The van der Waals surface area contributed by atoms with Crippen LogP contribution in [0.1, 0.15) is 59.8 Å². The van der Waals surface area contributed by atoms with Gasteiger partial charge in [0, 0.05) is 36.0 Å². The number of aromatic nitrogens is 1. The Kier molecular flexibility index (Phi) is 9.99. The Morgan fingerprint density at radius 2 is 1.38 bits per heavy atom. The number of hydrogen-bond acceptors (Lipinski definition) is 6. The van der Waals surface area contributed by atoms with Gasteiger partial charge in [0.2, 0.25) is 0 Å². The van der Waals surface area contributed by atoms with E-state index in [0.29, 0.717) is 22.0 Å². The average Bonchev–Trinajstić information content (AvgIpc) is 3.49. The van der Waals surface area contributed by atoms with Gasteiger partial charge in [-0.05, 0) is 28.7 Å². The van der Waals surface area contributed by atoms with Crippen molar-refractivity contribution in [2.45, 2.75) is 39.7 Å². The van der Waals surface area contributed by atoms with E-state index in [2.05, 4.69) is 60.5 Å². The smallest absolute Gasteiger partial charge is 0.270 e. The summed E-state index contributed by atoms with van der Waals surface area (Å²) >= 11 is 1.46. The molecule has 0 saturated heterocycles. The quantitative estimate of drug-likeness (QED) is 0.0750. The summed E-state index contributed by atoms with van der Waals surface area (Å²) in [4.78, 5) is 16.6. The molecule has 0 aliphatic carbocycles. The third-order valence-corrected chi connectivity index (χ3v) is 7.85. The minimum Gasteiger partial charge on any atom is -0.367 e. The summed E-state index contributed by atoms with van der Waals surface area (Å²) in [6, 6.07) is 35.1. The SMILES string of the molecule is CC.CC(C)Cc1ncc(C(=N)c2cc([N+](=O)[O-])ccc2NC(c2ccccc2)(c2ccccc2)c2ccccc2)s1. The number of nitrogens with one attached hydrogen (secondary N) is 2. The third kappa shape index (κ3) is 6.47. The van der Waals surface area contributed by atoms with Crippen molar-refractivity contribution in [2.75, 3.05) is 5.32 Å². The van der Waals surface area contributed by atoms with E-state index in [-0.39, 0.29) is 11.4 Å². The average molecular weight is 577 g/mol. The molecule has 0 fully saturated rings. The van der Waals surface area contributed by atoms with E-state index in [1.807, 2.05) is 68.4 Å². The fourth-order valence-electron chi connectivity index (χ4n) is 4.95. The van der Waals surface area contributed by atoms with Gasteiger partial charge in [-0.1, -0.05) is 119 Å². The number of thiazole rings is 1. The summed E-state index contributed by atoms with van der Waals surface area (Å²) in [6.45, 7) is 8.26. The number of nitro benzene ring substituents is 1. The van der Waals surface area contributed by atoms with Gasteiger partial charge in [0.1, 0.15) is 5.54 Å². The van der Waals surface area contributed by atoms with Crippen LogP contribution in [-0.4, -0.2) is 15.6 Å². The van der Waals surface area contributed by atoms with Gasteiger partial charge in [-0.25, -0.2) is 4.98 Å². The first-order chi connectivity index (χ1) is 20.4. The number of rotatable bonds is 10. The van der Waals surface area contributed by atoms with Crippen molar-refractivity contribution in [3.05, 3.63) is 158 Å². The molecule has 0 saturated carbocycles. The zero-order valence-electron chi connectivity index (χ0n) is 24.4. The maximum atomic E-state index is 11.8. The first-order valence-corrected chi connectivity index (χ1v) is 15.0. The van der Waals surface area contributed by atoms with Gasteiger partial charge in [0.15, 0.2) is 0 Å². The minimum absolute atomic E-state index is 0.0676. The van der Waals surface area contributed by atoms with E-state index in [4.69, 9.17) is 0 Å². The monoisotopic (exact) mass is 576 g/mol. The molecule has 0 unspecified atom stereocenters. The van der Waals surface area contributed by atoms with Crippen LogP contribution in [0.2, 0.25) is 0 Å². The fourth-order valence-corrected chi connectivity index (χ4v) is 6.04. The molecule has 5 aromatic rings. The van der Waals surface area contributed by atoms with E-state index in [9.17, 15) is 15.5 Å². The molecule has 0 amide bonds. The van der Waals surface area contributed by atoms with Crippen molar-refractivity contribution in [3.8, 4) is 0 Å². The molecule has 0 atom stereocenters. The molecule has 6 nitrogen and oxygen atoms in total. The Labute approximate surface area is 251 Å². The van der Waals surface area contributed by atoms with Crippen molar-refractivity contribution in [1.82, 2.24) is 4.98 Å². The van der Waals surface area contributed by atoms with Crippen LogP contribution < -0.4 is 5.32 Å². The predicted molar refractivity (Wildman–Crippen MR) is 174 cm³/mol. The topological polar surface area (TPSA) is 91.9 Å². The highest BCUT2D eigenvalue weighted by molar-refractivity contribution is 7.13. The summed E-state index contributed by atoms with van der Waals surface area (Å²) < 4.78 is 0. The number of non-ortho nitro benzene ring substituents is 1. The molecule has 0 aliphatic rings. The largest absolute Gasteiger partial charge is 0.367 e. The second-order valence-electron chi connectivity index (χ2n) is 10.1. The molecule has 0 spiro atoms. The molecule has 2 N–H and O–H groups in total. The van der Waals surface area contributed by atoms with E-state index < -0.39 is 10.5 Å². The van der Waals surface area contributed by atoms with Crippen LogP contribution in [0, 0.1) is 21.4 Å². The van der Waals surface area contributed by atoms with Gasteiger partial charge in [0.25, 0.3) is 5.69 Å². The van der Waals surface area contributed by atoms with Crippen LogP contribution in [0.15, 0.2) is 115 Å². The molecule has 0 radical (unpaired) electrons. The molecular formula is C35H36N4O2S. The van der Waals surface area contributed by atoms with Crippen molar-refractivity contribution < 1.29 is 4.92 Å². The van der Waals surface area contributed by atoms with Gasteiger partial charge >= 0.3 is 0 Å². The number of anilines is 1. The maximum Gasteiger partial charge on any atom is 0.270 e. The summed E-state index contributed by atoms with van der Waals surface area (Å²) in [7, 11) is 0. The standard InChI is InChI=1S/C33H30N4O2S.C2H6/c1-23(2)20-31-35-22-30(40-31)32(34)28-21-27(37(38)39)18-19-29(28)36-33(24-12-6-3-7-13-24,25-14-8-4-9-15-25)26-16-10-5-11-17-26;1-2/h3-19,21-23,34,36H,20H2,1-2H3;1-2H3. The van der Waals surface area contributed by atoms with Gasteiger partial charge in [-0.3, -0.25) is 15.5 Å². The van der Waals surface area contributed by atoms with Crippen LogP contribution in [0.25, 0.3) is 0 Å². The summed E-state index contributed by atoms with van der Waals surface area (Å²) in [5, 5.41) is 25.7. The number of nitrogens with zero attached hydrogens (tertiary/aromatic N) is 2. The summed E-state index contributed by atoms with van der Waals surface area (Å²) in [5.74, 6) is 0.437. The fraction of sp³-hybridized carbons (Fsp3) is 0.200. The zero-order chi connectivity index (χ0) is 30.1. The molecule has 5 rings (SSSR count). The van der Waals surface area contributed by atoms with Crippen molar-refractivity contribution in [1.29, 1.82) is 5.41 Å². The van der Waals surface area contributed by atoms with Crippen molar-refractivity contribution in [2.24, 2.45) is 5.92 Å². The first-order valence-electron chi connectivity index (χ1n) is 14.2. The van der Waals surface area contributed by atoms with Gasteiger partial charge in [-0.2, -0.15) is 0 Å². The Hall–Kier alpha value is -4.62. The minimum atomic E-state index is -0.842. The Morgan fingerprint density at radius 3 is 1.83 bits per heavy atom. The van der Waals surface area contributed by atoms with Crippen LogP contribution >= 0.6 is 11.3 Å². The third-order valence-electron chi connectivity index (χ3n) is 6.81. The Bertz CT molecular complexity index is 1520. The summed E-state index contributed by atoms with van der Waals surface area (Å²) in [5.41, 5.74) is 3.35. The molecule has 42 heavy (non-hydrogen) atoms. The van der Waals surface area contributed by atoms with Gasteiger partial charge < -0.3 is 5.32 Å². The van der Waals surface area contributed by atoms with Gasteiger partial charge in [0.05, 0.1) is 20.5 Å². The molecule has 0 aliphatic heterocycles. The number of hydrogen-bond donors (Lipinski definition) is 2. The summed E-state index contributed by atoms with van der Waals surface area (Å²) in [6.07, 6.45) is 2.52. The first kappa shape index (κ1) is 30.3. The molecule has 1 heterocycles. The maximum absolute atomic E-state index is 11.8. The highest BCUT2D eigenvalue weighted by Gasteiger charge is 2.37. The normalized spacial score (nSPS) is 11.0. The highest BCUT2D eigenvalue weighted by atomic mass is 32.1. The van der Waals surface area contributed by atoms with Crippen molar-refractivity contribution in [3.63, 3.8) is 0 Å². The lowest BCUT2D eigenvalue weighted by atomic mass is 9.76. The van der Waals surface area contributed by atoms with E-state index in [1.54, 1.807) is 12.3 Å². The molecule has 7 heteroatoms. The molecule has 4 aromatic carbocycles. The second kappa shape index (κ2) is 13.8. The highest BCUT2D eigenvalue weighted by Crippen LogP contribution is 2.41. The molecule has 0 bridgehead atoms. The number of benzene rings is 4. The molecular weight excluding hydrogens is 540 g/mol. The lowest BCUT2D eigenvalue weighted by Crippen LogP contribution is -2.38. The molecule has 1 aromatic heterocycles. The van der Waals surface area contributed by atoms with E-state index >= 15 is 0 Å². The van der Waals surface area contributed by atoms with E-state index in [1.165, 1.54) is 23.5 Å². The van der Waals surface area contributed by atoms with E-state index in [0.717, 1.165) is 28.1 Å². The Morgan fingerprint density at radius 1 is 0.881 bits per heavy atom. The van der Waals surface area contributed by atoms with Crippen LogP contribution in [0.5, 0.6) is 0 Å². The molecule has 214 valence electrons. The number of nitro groups is 1.